The molecule has 0 bridgehead atoms. The van der Waals surface area contributed by atoms with Crippen LogP contribution in [-0.2, 0) is 6.54 Å². The molecule has 1 aliphatic rings. The summed E-state index contributed by atoms with van der Waals surface area (Å²) in [5.74, 6) is 0.943. The van der Waals surface area contributed by atoms with E-state index in [2.05, 4.69) is 44.8 Å². The third-order valence-electron chi connectivity index (χ3n) is 5.36. The number of methoxy groups -OCH3 is 1. The van der Waals surface area contributed by atoms with Gasteiger partial charge in [-0.2, -0.15) is 5.26 Å². The van der Waals surface area contributed by atoms with Crippen molar-refractivity contribution >= 4 is 16.6 Å². The summed E-state index contributed by atoms with van der Waals surface area (Å²) in [7, 11) is 1.73. The number of para-hydroxylation sites is 2. The van der Waals surface area contributed by atoms with Gasteiger partial charge in [-0.1, -0.05) is 18.2 Å². The number of benzene rings is 2. The Hall–Kier alpha value is -2.97. The molecular weight excluding hydrogens is 336 g/mol. The molecule has 0 radical (unpaired) electrons. The molecule has 138 valence electrons. The Labute approximate surface area is 160 Å². The summed E-state index contributed by atoms with van der Waals surface area (Å²) in [6.45, 7) is 6.05. The SMILES string of the molecule is COc1ccccc1N1CCN(CCn2ccc3ccc(C#N)cc32)CC1. The number of nitriles is 1. The number of hydrogen-bond donors (Lipinski definition) is 0. The van der Waals surface area contributed by atoms with Crippen LogP contribution in [-0.4, -0.2) is 49.3 Å². The highest BCUT2D eigenvalue weighted by Crippen LogP contribution is 2.28. The van der Waals surface area contributed by atoms with Crippen molar-refractivity contribution < 1.29 is 4.74 Å². The number of ether oxygens (including phenoxy) is 1. The molecule has 0 unspecified atom stereocenters. The minimum atomic E-state index is 0.716. The second kappa shape index (κ2) is 7.73. The lowest BCUT2D eigenvalue weighted by Gasteiger charge is -2.36. The summed E-state index contributed by atoms with van der Waals surface area (Å²) < 4.78 is 7.75. The first-order valence-electron chi connectivity index (χ1n) is 9.38. The second-order valence-electron chi connectivity index (χ2n) is 6.90. The quantitative estimate of drug-likeness (QED) is 0.700. The van der Waals surface area contributed by atoms with Gasteiger partial charge in [-0.05, 0) is 35.7 Å². The van der Waals surface area contributed by atoms with Crippen molar-refractivity contribution in [1.82, 2.24) is 9.47 Å². The van der Waals surface area contributed by atoms with Crippen LogP contribution >= 0.6 is 0 Å². The van der Waals surface area contributed by atoms with E-state index in [-0.39, 0.29) is 0 Å². The van der Waals surface area contributed by atoms with Crippen molar-refractivity contribution in [2.45, 2.75) is 6.54 Å². The third-order valence-corrected chi connectivity index (χ3v) is 5.36. The Morgan fingerprint density at radius 2 is 1.81 bits per heavy atom. The average Bonchev–Trinajstić information content (AvgIpc) is 3.14. The molecule has 1 aromatic heterocycles. The van der Waals surface area contributed by atoms with Gasteiger partial charge in [0.15, 0.2) is 0 Å². The molecule has 0 N–H and O–H groups in total. The number of anilines is 1. The Morgan fingerprint density at radius 3 is 2.59 bits per heavy atom. The zero-order valence-corrected chi connectivity index (χ0v) is 15.6. The van der Waals surface area contributed by atoms with E-state index < -0.39 is 0 Å². The molecule has 4 rings (SSSR count). The van der Waals surface area contributed by atoms with Crippen LogP contribution in [0.4, 0.5) is 5.69 Å². The van der Waals surface area contributed by atoms with E-state index in [4.69, 9.17) is 10.00 Å². The molecule has 0 saturated carbocycles. The first kappa shape index (κ1) is 17.4. The predicted molar refractivity (Wildman–Crippen MR) is 108 cm³/mol. The molecule has 0 aliphatic carbocycles. The van der Waals surface area contributed by atoms with Crippen LogP contribution in [0.1, 0.15) is 5.56 Å². The fourth-order valence-corrected chi connectivity index (χ4v) is 3.80. The highest BCUT2D eigenvalue weighted by Gasteiger charge is 2.19. The number of hydrogen-bond acceptors (Lipinski definition) is 4. The molecule has 2 aromatic carbocycles. The summed E-state index contributed by atoms with van der Waals surface area (Å²) in [5.41, 5.74) is 3.04. The maximum absolute atomic E-state index is 9.13. The molecule has 5 nitrogen and oxygen atoms in total. The van der Waals surface area contributed by atoms with E-state index in [1.165, 1.54) is 11.1 Å². The molecule has 1 aliphatic heterocycles. The lowest BCUT2D eigenvalue weighted by molar-refractivity contribution is 0.248. The first-order chi connectivity index (χ1) is 13.3. The summed E-state index contributed by atoms with van der Waals surface area (Å²) in [4.78, 5) is 4.91. The average molecular weight is 360 g/mol. The first-order valence-corrected chi connectivity index (χ1v) is 9.38. The van der Waals surface area contributed by atoms with Gasteiger partial charge in [-0.3, -0.25) is 4.90 Å². The van der Waals surface area contributed by atoms with Gasteiger partial charge in [-0.15, -0.1) is 0 Å². The monoisotopic (exact) mass is 360 g/mol. The molecule has 1 saturated heterocycles. The maximum atomic E-state index is 9.13. The number of piperazine rings is 1. The Bertz CT molecular complexity index is 964. The Kier molecular flexibility index (Phi) is 4.99. The molecule has 0 spiro atoms. The van der Waals surface area contributed by atoms with Crippen LogP contribution in [0, 0.1) is 11.3 Å². The molecule has 5 heteroatoms. The van der Waals surface area contributed by atoms with Crippen LogP contribution in [0.5, 0.6) is 5.75 Å². The fourth-order valence-electron chi connectivity index (χ4n) is 3.80. The lowest BCUT2D eigenvalue weighted by atomic mass is 10.2. The van der Waals surface area contributed by atoms with Gasteiger partial charge in [0.05, 0.1) is 24.4 Å². The highest BCUT2D eigenvalue weighted by molar-refractivity contribution is 5.81. The van der Waals surface area contributed by atoms with Crippen molar-refractivity contribution in [1.29, 1.82) is 5.26 Å². The van der Waals surface area contributed by atoms with Crippen molar-refractivity contribution in [3.8, 4) is 11.8 Å². The molecule has 1 fully saturated rings. The molecule has 0 amide bonds. The second-order valence-corrected chi connectivity index (χ2v) is 6.90. The van der Waals surface area contributed by atoms with Gasteiger partial charge < -0.3 is 14.2 Å². The largest absolute Gasteiger partial charge is 0.495 e. The van der Waals surface area contributed by atoms with E-state index >= 15 is 0 Å². The van der Waals surface area contributed by atoms with E-state index in [0.29, 0.717) is 5.56 Å². The molecular formula is C22H24N4O. The number of fused-ring (bicyclic) bond motifs is 1. The van der Waals surface area contributed by atoms with E-state index in [1.54, 1.807) is 7.11 Å². The van der Waals surface area contributed by atoms with Gasteiger partial charge >= 0.3 is 0 Å². The molecule has 27 heavy (non-hydrogen) atoms. The molecule has 3 aromatic rings. The van der Waals surface area contributed by atoms with E-state index in [9.17, 15) is 0 Å². The number of rotatable bonds is 5. The standard InChI is InChI=1S/C22H24N4O/c1-27-22-5-3-2-4-20(22)26-14-11-24(12-15-26)10-13-25-9-8-19-7-6-18(17-23)16-21(19)25/h2-9,16H,10-15H2,1H3. The van der Waals surface area contributed by atoms with E-state index in [0.717, 1.165) is 50.5 Å². The van der Waals surface area contributed by atoms with E-state index in [1.807, 2.05) is 30.3 Å². The number of aromatic nitrogens is 1. The van der Waals surface area contributed by atoms with Crippen LogP contribution in [0.3, 0.4) is 0 Å². The van der Waals surface area contributed by atoms with Gasteiger partial charge in [-0.25, -0.2) is 0 Å². The van der Waals surface area contributed by atoms with Gasteiger partial charge in [0.1, 0.15) is 5.75 Å². The van der Waals surface area contributed by atoms with Crippen molar-refractivity contribution in [2.75, 3.05) is 44.7 Å². The van der Waals surface area contributed by atoms with Crippen molar-refractivity contribution in [2.24, 2.45) is 0 Å². The predicted octanol–water partition coefficient (Wildman–Crippen LogP) is 3.34. The summed E-state index contributed by atoms with van der Waals surface area (Å²) in [6, 6.07) is 18.5. The van der Waals surface area contributed by atoms with Crippen LogP contribution in [0.15, 0.2) is 54.7 Å². The number of nitrogens with zero attached hydrogens (tertiary/aromatic N) is 4. The van der Waals surface area contributed by atoms with Gasteiger partial charge in [0.25, 0.3) is 0 Å². The normalized spacial score (nSPS) is 15.0. The summed E-state index contributed by atoms with van der Waals surface area (Å²) in [6.07, 6.45) is 2.12. The summed E-state index contributed by atoms with van der Waals surface area (Å²) >= 11 is 0. The minimum Gasteiger partial charge on any atom is -0.495 e. The van der Waals surface area contributed by atoms with Gasteiger partial charge in [0, 0.05) is 51.0 Å². The van der Waals surface area contributed by atoms with Gasteiger partial charge in [0.2, 0.25) is 0 Å². The van der Waals surface area contributed by atoms with Crippen LogP contribution < -0.4 is 9.64 Å². The third kappa shape index (κ3) is 3.62. The van der Waals surface area contributed by atoms with Crippen LogP contribution in [0.25, 0.3) is 10.9 Å². The lowest BCUT2D eigenvalue weighted by Crippen LogP contribution is -2.47. The molecule has 2 heterocycles. The topological polar surface area (TPSA) is 44.4 Å². The zero-order chi connectivity index (χ0) is 18.6. The Morgan fingerprint density at radius 1 is 1.00 bits per heavy atom. The summed E-state index contributed by atoms with van der Waals surface area (Å²) in [5, 5.41) is 10.3. The minimum absolute atomic E-state index is 0.716. The van der Waals surface area contributed by atoms with Crippen molar-refractivity contribution in [3.05, 3.63) is 60.3 Å². The Balaban J connectivity index is 1.37. The zero-order valence-electron chi connectivity index (χ0n) is 15.6. The molecule has 0 atom stereocenters. The smallest absolute Gasteiger partial charge is 0.142 e. The van der Waals surface area contributed by atoms with Crippen LogP contribution in [0.2, 0.25) is 0 Å². The highest BCUT2D eigenvalue weighted by atomic mass is 16.5. The van der Waals surface area contributed by atoms with Crippen molar-refractivity contribution in [3.63, 3.8) is 0 Å². The fraction of sp³-hybridized carbons (Fsp3) is 0.318. The maximum Gasteiger partial charge on any atom is 0.142 e.